The van der Waals surface area contributed by atoms with Crippen molar-refractivity contribution in [1.29, 1.82) is 0 Å². The van der Waals surface area contributed by atoms with Crippen molar-refractivity contribution < 1.29 is 14.6 Å². The Bertz CT molecular complexity index is 455. The number of ether oxygens (including phenoxy) is 2. The molecule has 2 aliphatic rings. The Morgan fingerprint density at radius 3 is 2.64 bits per heavy atom. The average molecular weight is 306 g/mol. The maximum atomic E-state index is 9.53. The molecule has 0 amide bonds. The standard InChI is InChI=1S/C17H26N2O3/c20-16-3-1-2-15(12-16)13-19-8-6-18(7-9-19)5-4-17-14-21-10-11-22-17/h1-3,12,17,20H,4-11,13-14H2. The minimum Gasteiger partial charge on any atom is -0.508 e. The van der Waals surface area contributed by atoms with Gasteiger partial charge >= 0.3 is 0 Å². The summed E-state index contributed by atoms with van der Waals surface area (Å²) >= 11 is 0. The van der Waals surface area contributed by atoms with E-state index in [1.807, 2.05) is 12.1 Å². The highest BCUT2D eigenvalue weighted by atomic mass is 16.6. The average Bonchev–Trinajstić information content (AvgIpc) is 2.55. The molecule has 0 radical (unpaired) electrons. The minimum absolute atomic E-state index is 0.277. The first-order valence-electron chi connectivity index (χ1n) is 8.21. The van der Waals surface area contributed by atoms with E-state index in [-0.39, 0.29) is 6.10 Å². The molecule has 1 N–H and O–H groups in total. The maximum absolute atomic E-state index is 9.53. The Morgan fingerprint density at radius 1 is 1.09 bits per heavy atom. The van der Waals surface area contributed by atoms with Gasteiger partial charge in [0.05, 0.1) is 25.9 Å². The number of phenolic OH excluding ortho intramolecular Hbond substituents is 1. The molecule has 122 valence electrons. The van der Waals surface area contributed by atoms with Gasteiger partial charge in [0, 0.05) is 39.3 Å². The third kappa shape index (κ3) is 4.68. The van der Waals surface area contributed by atoms with E-state index >= 15 is 0 Å². The fourth-order valence-corrected chi connectivity index (χ4v) is 3.11. The monoisotopic (exact) mass is 306 g/mol. The third-order valence-corrected chi connectivity index (χ3v) is 4.43. The predicted octanol–water partition coefficient (Wildman–Crippen LogP) is 1.32. The van der Waals surface area contributed by atoms with Crippen molar-refractivity contribution in [1.82, 2.24) is 9.80 Å². The lowest BCUT2D eigenvalue weighted by Gasteiger charge is -2.35. The van der Waals surface area contributed by atoms with E-state index in [1.165, 1.54) is 5.56 Å². The molecule has 3 rings (SSSR count). The van der Waals surface area contributed by atoms with Crippen LogP contribution < -0.4 is 0 Å². The maximum Gasteiger partial charge on any atom is 0.115 e. The number of hydrogen-bond donors (Lipinski definition) is 1. The van der Waals surface area contributed by atoms with Crippen LogP contribution in [-0.2, 0) is 16.0 Å². The molecule has 1 aromatic carbocycles. The topological polar surface area (TPSA) is 45.2 Å². The predicted molar refractivity (Wildman–Crippen MR) is 85.0 cm³/mol. The minimum atomic E-state index is 0.277. The zero-order valence-electron chi connectivity index (χ0n) is 13.1. The molecule has 2 saturated heterocycles. The van der Waals surface area contributed by atoms with Crippen LogP contribution in [0.4, 0.5) is 0 Å². The van der Waals surface area contributed by atoms with Crippen LogP contribution >= 0.6 is 0 Å². The smallest absolute Gasteiger partial charge is 0.115 e. The van der Waals surface area contributed by atoms with Gasteiger partial charge in [-0.25, -0.2) is 0 Å². The van der Waals surface area contributed by atoms with E-state index in [9.17, 15) is 5.11 Å². The Hall–Kier alpha value is -1.14. The molecule has 0 aliphatic carbocycles. The fraction of sp³-hybridized carbons (Fsp3) is 0.647. The summed E-state index contributed by atoms with van der Waals surface area (Å²) in [6, 6.07) is 7.56. The molecule has 22 heavy (non-hydrogen) atoms. The second kappa shape index (κ2) is 7.92. The Labute approximate surface area is 132 Å². The van der Waals surface area contributed by atoms with Gasteiger partial charge in [-0.2, -0.15) is 0 Å². The van der Waals surface area contributed by atoms with Crippen LogP contribution in [-0.4, -0.2) is 73.6 Å². The molecular formula is C17H26N2O3. The Balaban J connectivity index is 1.37. The molecule has 5 heteroatoms. The van der Waals surface area contributed by atoms with Crippen molar-refractivity contribution in [3.63, 3.8) is 0 Å². The molecule has 1 aromatic rings. The molecule has 1 atom stereocenters. The van der Waals surface area contributed by atoms with Crippen molar-refractivity contribution >= 4 is 0 Å². The number of phenols is 1. The molecule has 0 bridgehead atoms. The molecule has 0 spiro atoms. The number of rotatable bonds is 5. The lowest BCUT2D eigenvalue weighted by molar-refractivity contribution is -0.0933. The van der Waals surface area contributed by atoms with Gasteiger partial charge in [-0.3, -0.25) is 4.90 Å². The molecule has 2 fully saturated rings. The van der Waals surface area contributed by atoms with E-state index < -0.39 is 0 Å². The molecule has 5 nitrogen and oxygen atoms in total. The van der Waals surface area contributed by atoms with E-state index in [4.69, 9.17) is 9.47 Å². The van der Waals surface area contributed by atoms with Crippen LogP contribution in [0.5, 0.6) is 5.75 Å². The lowest BCUT2D eigenvalue weighted by atomic mass is 10.1. The first-order valence-corrected chi connectivity index (χ1v) is 8.21. The summed E-state index contributed by atoms with van der Waals surface area (Å²) < 4.78 is 11.1. The highest BCUT2D eigenvalue weighted by Crippen LogP contribution is 2.15. The summed E-state index contributed by atoms with van der Waals surface area (Å²) in [5.41, 5.74) is 1.18. The molecule has 2 heterocycles. The third-order valence-electron chi connectivity index (χ3n) is 4.43. The van der Waals surface area contributed by atoms with Gasteiger partial charge in [0.1, 0.15) is 5.75 Å². The van der Waals surface area contributed by atoms with Gasteiger partial charge in [0.15, 0.2) is 0 Å². The summed E-state index contributed by atoms with van der Waals surface area (Å²) in [7, 11) is 0. The SMILES string of the molecule is Oc1cccc(CN2CCN(CCC3COCCO3)CC2)c1. The highest BCUT2D eigenvalue weighted by Gasteiger charge is 2.20. The van der Waals surface area contributed by atoms with Crippen molar-refractivity contribution in [2.45, 2.75) is 19.1 Å². The second-order valence-electron chi connectivity index (χ2n) is 6.14. The van der Waals surface area contributed by atoms with Crippen molar-refractivity contribution in [3.05, 3.63) is 29.8 Å². The summed E-state index contributed by atoms with van der Waals surface area (Å²) in [6.07, 6.45) is 1.34. The summed E-state index contributed by atoms with van der Waals surface area (Å²) in [6.45, 7) is 8.61. The van der Waals surface area contributed by atoms with Gasteiger partial charge in [0.2, 0.25) is 0 Å². The van der Waals surface area contributed by atoms with Crippen LogP contribution in [0.3, 0.4) is 0 Å². The van der Waals surface area contributed by atoms with Gasteiger partial charge < -0.3 is 19.5 Å². The van der Waals surface area contributed by atoms with E-state index in [0.717, 1.165) is 65.5 Å². The van der Waals surface area contributed by atoms with Crippen molar-refractivity contribution in [3.8, 4) is 5.75 Å². The first kappa shape index (κ1) is 15.7. The van der Waals surface area contributed by atoms with E-state index in [2.05, 4.69) is 15.9 Å². The molecule has 2 aliphatic heterocycles. The van der Waals surface area contributed by atoms with Crippen molar-refractivity contribution in [2.24, 2.45) is 0 Å². The molecule has 0 aromatic heterocycles. The van der Waals surface area contributed by atoms with Gasteiger partial charge in [0.25, 0.3) is 0 Å². The Morgan fingerprint density at radius 2 is 1.91 bits per heavy atom. The highest BCUT2D eigenvalue weighted by molar-refractivity contribution is 5.27. The van der Waals surface area contributed by atoms with Crippen LogP contribution in [0.25, 0.3) is 0 Å². The zero-order chi connectivity index (χ0) is 15.2. The van der Waals surface area contributed by atoms with Gasteiger partial charge in [-0.1, -0.05) is 12.1 Å². The largest absolute Gasteiger partial charge is 0.508 e. The first-order chi connectivity index (χ1) is 10.8. The quantitative estimate of drug-likeness (QED) is 0.889. The molecular weight excluding hydrogens is 280 g/mol. The lowest BCUT2D eigenvalue weighted by Crippen LogP contribution is -2.47. The number of aromatic hydroxyl groups is 1. The van der Waals surface area contributed by atoms with Crippen LogP contribution in [0.1, 0.15) is 12.0 Å². The summed E-state index contributed by atoms with van der Waals surface area (Å²) in [5, 5.41) is 9.53. The zero-order valence-corrected chi connectivity index (χ0v) is 13.1. The fourth-order valence-electron chi connectivity index (χ4n) is 3.11. The normalized spacial score (nSPS) is 24.5. The second-order valence-corrected chi connectivity index (χ2v) is 6.14. The number of hydrogen-bond acceptors (Lipinski definition) is 5. The van der Waals surface area contributed by atoms with Gasteiger partial charge in [-0.05, 0) is 24.1 Å². The summed E-state index contributed by atoms with van der Waals surface area (Å²) in [5.74, 6) is 0.353. The molecule has 1 unspecified atom stereocenters. The van der Waals surface area contributed by atoms with E-state index in [0.29, 0.717) is 5.75 Å². The Kier molecular flexibility index (Phi) is 5.67. The number of piperazine rings is 1. The number of benzene rings is 1. The van der Waals surface area contributed by atoms with Crippen LogP contribution in [0.15, 0.2) is 24.3 Å². The molecule has 0 saturated carbocycles. The summed E-state index contributed by atoms with van der Waals surface area (Å²) in [4.78, 5) is 4.96. The van der Waals surface area contributed by atoms with Crippen LogP contribution in [0, 0.1) is 0 Å². The van der Waals surface area contributed by atoms with E-state index in [1.54, 1.807) is 6.07 Å². The number of nitrogens with zero attached hydrogens (tertiary/aromatic N) is 2. The van der Waals surface area contributed by atoms with Crippen molar-refractivity contribution in [2.75, 3.05) is 52.5 Å². The van der Waals surface area contributed by atoms with Gasteiger partial charge in [-0.15, -0.1) is 0 Å². The van der Waals surface area contributed by atoms with Crippen LogP contribution in [0.2, 0.25) is 0 Å².